The Hall–Kier alpha value is -4.88. The predicted molar refractivity (Wildman–Crippen MR) is 252 cm³/mol. The Morgan fingerprint density at radius 3 is 1.42 bits per heavy atom. The Morgan fingerprint density at radius 2 is 0.780 bits per heavy atom. The number of hydrogen-bond donors (Lipinski definition) is 0. The van der Waals surface area contributed by atoms with E-state index in [1.165, 1.54) is 121 Å². The van der Waals surface area contributed by atoms with E-state index in [-0.39, 0.29) is 32.5 Å². The Morgan fingerprint density at radius 1 is 0.322 bits per heavy atom. The third-order valence-corrected chi connectivity index (χ3v) is 16.0. The summed E-state index contributed by atoms with van der Waals surface area (Å²) in [6, 6.07) is 45.5. The van der Waals surface area contributed by atoms with Gasteiger partial charge < -0.3 is 4.90 Å². The molecule has 0 saturated carbocycles. The Labute approximate surface area is 354 Å². The van der Waals surface area contributed by atoms with Gasteiger partial charge >= 0.3 is 0 Å². The van der Waals surface area contributed by atoms with Crippen molar-refractivity contribution in [3.05, 3.63) is 160 Å². The molecule has 6 aromatic carbocycles. The highest BCUT2D eigenvalue weighted by Crippen LogP contribution is 2.58. The molecule has 0 fully saturated rings. The quantitative estimate of drug-likeness (QED) is 0.172. The van der Waals surface area contributed by atoms with Gasteiger partial charge in [-0.3, -0.25) is 0 Å². The van der Waals surface area contributed by atoms with E-state index in [2.05, 4.69) is 203 Å². The van der Waals surface area contributed by atoms with Gasteiger partial charge in [-0.1, -0.05) is 162 Å². The van der Waals surface area contributed by atoms with Crippen molar-refractivity contribution in [1.82, 2.24) is 0 Å². The first-order chi connectivity index (χ1) is 27.7. The topological polar surface area (TPSA) is 3.24 Å². The van der Waals surface area contributed by atoms with Gasteiger partial charge in [0.1, 0.15) is 0 Å². The molecule has 0 bridgehead atoms. The van der Waals surface area contributed by atoms with Gasteiger partial charge in [0.15, 0.2) is 0 Å². The first kappa shape index (κ1) is 38.3. The SMILES string of the molecule is CC1(C)CCC(C)(C)c2cc(N(c3ccc4c(c3)C(C)(C)c3ccccc3-4)c3cc4c(cc3-c3cccc5c3C(C)(C)CCC5(C)C)-c3ccccc3C4(C)C)ccc21. The number of benzene rings is 6. The summed E-state index contributed by atoms with van der Waals surface area (Å²) in [6.45, 7) is 29.4. The minimum Gasteiger partial charge on any atom is -0.310 e. The largest absolute Gasteiger partial charge is 0.310 e. The van der Waals surface area contributed by atoms with Gasteiger partial charge in [-0.15, -0.1) is 0 Å². The lowest BCUT2D eigenvalue weighted by Gasteiger charge is -2.44. The van der Waals surface area contributed by atoms with E-state index < -0.39 is 0 Å². The number of fused-ring (bicyclic) bond motifs is 8. The summed E-state index contributed by atoms with van der Waals surface area (Å²) >= 11 is 0. The van der Waals surface area contributed by atoms with E-state index in [4.69, 9.17) is 0 Å². The molecule has 0 saturated heterocycles. The molecule has 0 N–H and O–H groups in total. The van der Waals surface area contributed by atoms with Crippen LogP contribution in [-0.2, 0) is 32.5 Å². The Kier molecular flexibility index (Phi) is 8.02. The molecule has 0 aromatic heterocycles. The second-order valence-electron chi connectivity index (χ2n) is 22.3. The molecule has 0 heterocycles. The van der Waals surface area contributed by atoms with Crippen LogP contribution in [0.1, 0.15) is 153 Å². The second kappa shape index (κ2) is 12.3. The van der Waals surface area contributed by atoms with Crippen molar-refractivity contribution >= 4 is 17.1 Å². The van der Waals surface area contributed by atoms with Gasteiger partial charge in [0.05, 0.1) is 5.69 Å². The number of hydrogen-bond acceptors (Lipinski definition) is 1. The van der Waals surface area contributed by atoms with Crippen LogP contribution in [0.4, 0.5) is 17.1 Å². The summed E-state index contributed by atoms with van der Waals surface area (Å²) in [4.78, 5) is 2.66. The zero-order valence-corrected chi connectivity index (χ0v) is 37.7. The molecule has 4 aliphatic rings. The van der Waals surface area contributed by atoms with Crippen molar-refractivity contribution in [2.24, 2.45) is 0 Å². The van der Waals surface area contributed by atoms with E-state index in [0.29, 0.717) is 0 Å². The molecule has 4 aliphatic carbocycles. The van der Waals surface area contributed by atoms with Crippen LogP contribution in [0.15, 0.2) is 115 Å². The van der Waals surface area contributed by atoms with Crippen molar-refractivity contribution in [2.45, 2.75) is 141 Å². The maximum atomic E-state index is 2.66. The molecule has 1 nitrogen and oxygen atoms in total. The molecule has 0 radical (unpaired) electrons. The normalized spacial score (nSPS) is 20.1. The van der Waals surface area contributed by atoms with Gasteiger partial charge in [0.25, 0.3) is 0 Å². The average molecular weight is 774 g/mol. The van der Waals surface area contributed by atoms with Gasteiger partial charge in [0, 0.05) is 27.8 Å². The molecule has 0 aliphatic heterocycles. The summed E-state index contributed by atoms with van der Waals surface area (Å²) in [5.74, 6) is 0. The highest BCUT2D eigenvalue weighted by Gasteiger charge is 2.43. The van der Waals surface area contributed by atoms with E-state index in [1.54, 1.807) is 0 Å². The average Bonchev–Trinajstić information content (AvgIpc) is 3.57. The van der Waals surface area contributed by atoms with E-state index in [1.807, 2.05) is 0 Å². The molecule has 0 amide bonds. The third-order valence-electron chi connectivity index (χ3n) is 16.0. The lowest BCUT2D eigenvalue weighted by atomic mass is 9.61. The van der Waals surface area contributed by atoms with Crippen molar-refractivity contribution in [2.75, 3.05) is 4.90 Å². The van der Waals surface area contributed by atoms with Crippen LogP contribution < -0.4 is 4.90 Å². The zero-order chi connectivity index (χ0) is 41.7. The summed E-state index contributed by atoms with van der Waals surface area (Å²) in [5.41, 5.74) is 23.6. The minimum absolute atomic E-state index is 0.0323. The maximum absolute atomic E-state index is 2.66. The van der Waals surface area contributed by atoms with Crippen molar-refractivity contribution < 1.29 is 0 Å². The molecule has 10 rings (SSSR count). The van der Waals surface area contributed by atoms with Crippen LogP contribution in [0.5, 0.6) is 0 Å². The fourth-order valence-corrected chi connectivity index (χ4v) is 12.1. The number of nitrogens with zero attached hydrogens (tertiary/aromatic N) is 1. The molecule has 6 aromatic rings. The van der Waals surface area contributed by atoms with Gasteiger partial charge in [-0.05, 0) is 156 Å². The Bertz CT molecular complexity index is 2730. The van der Waals surface area contributed by atoms with Gasteiger partial charge in [-0.2, -0.15) is 0 Å². The standard InChI is InChI=1S/C58H63N/c1-53(2)28-29-55(5,6)50-33-37(25-27-46(50)53)59(36-24-26-40-38-18-13-15-21-44(38)57(9,10)48(40)32-36)51-35-49-42(39-19-14-16-22-45(39)58(49,11)12)34-43(51)41-20-17-23-47-52(41)56(7,8)31-30-54(47,3)4/h13-27,32-35H,28-31H2,1-12H3. The number of rotatable bonds is 4. The molecule has 300 valence electrons. The summed E-state index contributed by atoms with van der Waals surface area (Å²) < 4.78 is 0. The van der Waals surface area contributed by atoms with Crippen LogP contribution in [0.25, 0.3) is 33.4 Å². The van der Waals surface area contributed by atoms with E-state index >= 15 is 0 Å². The summed E-state index contributed by atoms with van der Waals surface area (Å²) in [7, 11) is 0. The minimum atomic E-state index is -0.147. The molecule has 0 spiro atoms. The van der Waals surface area contributed by atoms with Crippen molar-refractivity contribution in [3.8, 4) is 33.4 Å². The Balaban J connectivity index is 1.32. The molecule has 0 atom stereocenters. The zero-order valence-electron chi connectivity index (χ0n) is 37.7. The lowest BCUT2D eigenvalue weighted by molar-refractivity contribution is 0.332. The molecular formula is C58H63N. The molecule has 1 heteroatoms. The monoisotopic (exact) mass is 773 g/mol. The van der Waals surface area contributed by atoms with Crippen LogP contribution in [0, 0.1) is 0 Å². The van der Waals surface area contributed by atoms with Crippen molar-refractivity contribution in [1.29, 1.82) is 0 Å². The van der Waals surface area contributed by atoms with Crippen LogP contribution in [0.3, 0.4) is 0 Å². The van der Waals surface area contributed by atoms with Gasteiger partial charge in [0.2, 0.25) is 0 Å². The third kappa shape index (κ3) is 5.48. The summed E-state index contributed by atoms with van der Waals surface area (Å²) in [5, 5.41) is 0. The fraction of sp³-hybridized carbons (Fsp3) is 0.379. The lowest BCUT2D eigenvalue weighted by Crippen LogP contribution is -2.34. The van der Waals surface area contributed by atoms with Crippen LogP contribution in [-0.4, -0.2) is 0 Å². The molecular weight excluding hydrogens is 711 g/mol. The van der Waals surface area contributed by atoms with E-state index in [0.717, 1.165) is 0 Å². The van der Waals surface area contributed by atoms with E-state index in [9.17, 15) is 0 Å². The predicted octanol–water partition coefficient (Wildman–Crippen LogP) is 16.1. The fourth-order valence-electron chi connectivity index (χ4n) is 12.1. The highest BCUT2D eigenvalue weighted by atomic mass is 15.1. The molecule has 59 heavy (non-hydrogen) atoms. The summed E-state index contributed by atoms with van der Waals surface area (Å²) in [6.07, 6.45) is 4.74. The maximum Gasteiger partial charge on any atom is 0.0543 e. The van der Waals surface area contributed by atoms with Crippen LogP contribution >= 0.6 is 0 Å². The van der Waals surface area contributed by atoms with Gasteiger partial charge in [-0.25, -0.2) is 0 Å². The van der Waals surface area contributed by atoms with Crippen LogP contribution in [0.2, 0.25) is 0 Å². The molecule has 0 unspecified atom stereocenters. The first-order valence-corrected chi connectivity index (χ1v) is 22.4. The second-order valence-corrected chi connectivity index (χ2v) is 22.3. The highest BCUT2D eigenvalue weighted by molar-refractivity contribution is 5.97. The smallest absolute Gasteiger partial charge is 0.0543 e. The number of anilines is 3. The first-order valence-electron chi connectivity index (χ1n) is 22.4. The van der Waals surface area contributed by atoms with Crippen molar-refractivity contribution in [3.63, 3.8) is 0 Å².